The summed E-state index contributed by atoms with van der Waals surface area (Å²) in [6.07, 6.45) is 3.00. The minimum atomic E-state index is -0.880. The van der Waals surface area contributed by atoms with Gasteiger partial charge in [-0.2, -0.15) is 0 Å². The van der Waals surface area contributed by atoms with Gasteiger partial charge in [0.15, 0.2) is 0 Å². The highest BCUT2D eigenvalue weighted by Crippen LogP contribution is 2.19. The molecule has 2 amide bonds. The van der Waals surface area contributed by atoms with Gasteiger partial charge in [-0.05, 0) is 42.3 Å². The summed E-state index contributed by atoms with van der Waals surface area (Å²) in [7, 11) is 0. The van der Waals surface area contributed by atoms with Crippen molar-refractivity contribution < 1.29 is 18.7 Å². The Kier molecular flexibility index (Phi) is 4.81. The number of rotatable bonds is 6. The van der Waals surface area contributed by atoms with E-state index >= 15 is 0 Å². The van der Waals surface area contributed by atoms with Crippen LogP contribution in [0.4, 0.5) is 9.18 Å². The van der Waals surface area contributed by atoms with Crippen LogP contribution in [0.15, 0.2) is 47.2 Å². The van der Waals surface area contributed by atoms with E-state index in [9.17, 15) is 14.3 Å². The number of aliphatic hydroxyl groups is 1. The van der Waals surface area contributed by atoms with Crippen molar-refractivity contribution in [3.8, 4) is 0 Å². The van der Waals surface area contributed by atoms with Gasteiger partial charge in [-0.1, -0.05) is 0 Å². The van der Waals surface area contributed by atoms with Gasteiger partial charge in [0.05, 0.1) is 12.8 Å². The second-order valence-electron chi connectivity index (χ2n) is 5.42. The van der Waals surface area contributed by atoms with E-state index in [4.69, 9.17) is 4.42 Å². The molecule has 0 fully saturated rings. The van der Waals surface area contributed by atoms with Crippen LogP contribution >= 0.6 is 0 Å². The van der Waals surface area contributed by atoms with Crippen molar-refractivity contribution in [1.82, 2.24) is 15.6 Å². The molecule has 0 aliphatic rings. The molecule has 0 spiro atoms. The van der Waals surface area contributed by atoms with Gasteiger partial charge in [0.1, 0.15) is 17.7 Å². The number of amides is 2. The smallest absolute Gasteiger partial charge is 0.314 e. The highest BCUT2D eigenvalue weighted by molar-refractivity contribution is 5.83. The van der Waals surface area contributed by atoms with Crippen LogP contribution in [0.3, 0.4) is 0 Å². The first-order valence-electron chi connectivity index (χ1n) is 7.62. The Morgan fingerprint density at radius 3 is 3.00 bits per heavy atom. The molecule has 0 aliphatic heterocycles. The molecule has 7 heteroatoms. The van der Waals surface area contributed by atoms with Crippen LogP contribution in [0.25, 0.3) is 10.9 Å². The van der Waals surface area contributed by atoms with Gasteiger partial charge in [-0.15, -0.1) is 0 Å². The summed E-state index contributed by atoms with van der Waals surface area (Å²) >= 11 is 0. The minimum Gasteiger partial charge on any atom is -0.467 e. The number of aliphatic hydroxyl groups excluding tert-OH is 1. The third kappa shape index (κ3) is 3.75. The molecule has 0 radical (unpaired) electrons. The molecule has 0 bridgehead atoms. The Morgan fingerprint density at radius 2 is 2.21 bits per heavy atom. The Morgan fingerprint density at radius 1 is 1.33 bits per heavy atom. The van der Waals surface area contributed by atoms with E-state index in [1.54, 1.807) is 18.2 Å². The summed E-state index contributed by atoms with van der Waals surface area (Å²) < 4.78 is 18.2. The average molecular weight is 331 g/mol. The second kappa shape index (κ2) is 7.18. The van der Waals surface area contributed by atoms with E-state index in [1.807, 2.05) is 6.20 Å². The van der Waals surface area contributed by atoms with Crippen LogP contribution in [0, 0.1) is 5.82 Å². The fourth-order valence-electron chi connectivity index (χ4n) is 2.51. The number of urea groups is 1. The highest BCUT2D eigenvalue weighted by atomic mass is 19.1. The predicted molar refractivity (Wildman–Crippen MR) is 87.0 cm³/mol. The third-order valence-electron chi connectivity index (χ3n) is 3.74. The van der Waals surface area contributed by atoms with Crippen molar-refractivity contribution in [2.75, 3.05) is 13.1 Å². The molecular weight excluding hydrogens is 313 g/mol. The number of aromatic nitrogens is 1. The largest absolute Gasteiger partial charge is 0.467 e. The SMILES string of the molecule is O=C(NCCc1c[nH]c2cc(F)ccc12)NCC(O)c1ccco1. The summed E-state index contributed by atoms with van der Waals surface area (Å²) in [6, 6.07) is 7.52. The van der Waals surface area contributed by atoms with Gasteiger partial charge in [0.25, 0.3) is 0 Å². The monoisotopic (exact) mass is 331 g/mol. The maximum atomic E-state index is 13.1. The summed E-state index contributed by atoms with van der Waals surface area (Å²) in [6.45, 7) is 0.485. The van der Waals surface area contributed by atoms with Crippen molar-refractivity contribution >= 4 is 16.9 Å². The lowest BCUT2D eigenvalue weighted by molar-refractivity contribution is 0.148. The van der Waals surface area contributed by atoms with Crippen LogP contribution in [-0.4, -0.2) is 29.2 Å². The molecular formula is C17H18FN3O3. The lowest BCUT2D eigenvalue weighted by Crippen LogP contribution is -2.38. The molecule has 0 saturated carbocycles. The van der Waals surface area contributed by atoms with Crippen LogP contribution in [-0.2, 0) is 6.42 Å². The van der Waals surface area contributed by atoms with Gasteiger partial charge in [-0.3, -0.25) is 0 Å². The molecule has 0 saturated heterocycles. The van der Waals surface area contributed by atoms with Crippen molar-refractivity contribution in [1.29, 1.82) is 0 Å². The average Bonchev–Trinajstić information content (AvgIpc) is 3.22. The van der Waals surface area contributed by atoms with Crippen molar-refractivity contribution in [3.05, 3.63) is 59.9 Å². The van der Waals surface area contributed by atoms with Gasteiger partial charge in [0.2, 0.25) is 0 Å². The molecule has 3 aromatic rings. The standard InChI is InChI=1S/C17H18FN3O3/c18-12-3-4-13-11(9-20-14(13)8-12)5-6-19-17(23)21-10-15(22)16-2-1-7-24-16/h1-4,7-9,15,20,22H,5-6,10H2,(H2,19,21,23). The molecule has 4 N–H and O–H groups in total. The lowest BCUT2D eigenvalue weighted by atomic mass is 10.1. The number of H-pyrrole nitrogens is 1. The van der Waals surface area contributed by atoms with Gasteiger partial charge in [-0.25, -0.2) is 9.18 Å². The summed E-state index contributed by atoms with van der Waals surface area (Å²) in [5.74, 6) is 0.116. The zero-order valence-electron chi connectivity index (χ0n) is 12.9. The molecule has 1 aromatic carbocycles. The van der Waals surface area contributed by atoms with Gasteiger partial charge < -0.3 is 25.1 Å². The summed E-state index contributed by atoms with van der Waals surface area (Å²) in [5, 5.41) is 16.0. The topological polar surface area (TPSA) is 90.3 Å². The molecule has 2 aromatic heterocycles. The number of hydrogen-bond donors (Lipinski definition) is 4. The second-order valence-corrected chi connectivity index (χ2v) is 5.42. The van der Waals surface area contributed by atoms with Crippen LogP contribution in [0.5, 0.6) is 0 Å². The fourth-order valence-corrected chi connectivity index (χ4v) is 2.51. The lowest BCUT2D eigenvalue weighted by Gasteiger charge is -2.10. The van der Waals surface area contributed by atoms with Crippen LogP contribution < -0.4 is 10.6 Å². The van der Waals surface area contributed by atoms with Gasteiger partial charge >= 0.3 is 6.03 Å². The maximum Gasteiger partial charge on any atom is 0.314 e. The van der Waals surface area contributed by atoms with Crippen LogP contribution in [0.1, 0.15) is 17.4 Å². The van der Waals surface area contributed by atoms with E-state index in [0.29, 0.717) is 18.7 Å². The van der Waals surface area contributed by atoms with Gasteiger partial charge in [0, 0.05) is 23.6 Å². The van der Waals surface area contributed by atoms with E-state index in [-0.39, 0.29) is 18.4 Å². The molecule has 3 rings (SSSR count). The predicted octanol–water partition coefficient (Wildman–Crippen LogP) is 2.48. The molecule has 1 atom stereocenters. The first kappa shape index (κ1) is 16.1. The zero-order valence-corrected chi connectivity index (χ0v) is 12.9. The summed E-state index contributed by atoms with van der Waals surface area (Å²) in [5.41, 5.74) is 1.73. The number of halogens is 1. The molecule has 126 valence electrons. The van der Waals surface area contributed by atoms with Crippen molar-refractivity contribution in [2.24, 2.45) is 0 Å². The molecule has 0 aliphatic carbocycles. The maximum absolute atomic E-state index is 13.1. The van der Waals surface area contributed by atoms with Crippen molar-refractivity contribution in [3.63, 3.8) is 0 Å². The van der Waals surface area contributed by atoms with Crippen LogP contribution in [0.2, 0.25) is 0 Å². The number of nitrogens with one attached hydrogen (secondary N) is 3. The molecule has 1 unspecified atom stereocenters. The zero-order chi connectivity index (χ0) is 16.9. The Bertz CT molecular complexity index is 814. The Balaban J connectivity index is 1.44. The van der Waals surface area contributed by atoms with E-state index in [2.05, 4.69) is 15.6 Å². The third-order valence-corrected chi connectivity index (χ3v) is 3.74. The molecule has 24 heavy (non-hydrogen) atoms. The quantitative estimate of drug-likeness (QED) is 0.559. The highest BCUT2D eigenvalue weighted by Gasteiger charge is 2.11. The number of hydrogen-bond acceptors (Lipinski definition) is 3. The van der Waals surface area contributed by atoms with Crippen molar-refractivity contribution in [2.45, 2.75) is 12.5 Å². The number of benzene rings is 1. The van der Waals surface area contributed by atoms with E-state index < -0.39 is 6.10 Å². The number of aromatic amines is 1. The first-order chi connectivity index (χ1) is 11.6. The number of fused-ring (bicyclic) bond motifs is 1. The number of furan rings is 1. The fraction of sp³-hybridized carbons (Fsp3) is 0.235. The normalized spacial score (nSPS) is 12.2. The Labute approximate surface area is 137 Å². The minimum absolute atomic E-state index is 0.0612. The summed E-state index contributed by atoms with van der Waals surface area (Å²) in [4.78, 5) is 14.7. The number of carbonyl (C=O) groups excluding carboxylic acids is 1. The molecule has 6 nitrogen and oxygen atoms in total. The van der Waals surface area contributed by atoms with E-state index in [0.717, 1.165) is 16.5 Å². The molecule has 2 heterocycles. The first-order valence-corrected chi connectivity index (χ1v) is 7.62. The Hall–Kier alpha value is -2.80. The number of carbonyl (C=O) groups is 1. The van der Waals surface area contributed by atoms with E-state index in [1.165, 1.54) is 18.4 Å².